The zero-order valence-electron chi connectivity index (χ0n) is 15.5. The van der Waals surface area contributed by atoms with Crippen molar-refractivity contribution in [3.8, 4) is 0 Å². The molecule has 0 amide bonds. The Hall–Kier alpha value is 0.217. The Morgan fingerprint density at radius 1 is 0.571 bits per heavy atom. The molecule has 21 heavy (non-hydrogen) atoms. The van der Waals surface area contributed by atoms with E-state index in [1.54, 1.807) is 18.5 Å². The van der Waals surface area contributed by atoms with Crippen molar-refractivity contribution in [1.29, 1.82) is 0 Å². The quantitative estimate of drug-likeness (QED) is 0.514. The third kappa shape index (κ3) is 2.12. The second-order valence-corrected chi connectivity index (χ2v) is 14.4. The molecule has 0 N–H and O–H groups in total. The average Bonchev–Trinajstić information content (AvgIpc) is 2.74. The van der Waals surface area contributed by atoms with Crippen LogP contribution in [0.5, 0.6) is 0 Å². The van der Waals surface area contributed by atoms with Gasteiger partial charge < -0.3 is 0 Å². The molecule has 2 saturated carbocycles. The van der Waals surface area contributed by atoms with Gasteiger partial charge in [-0.05, 0) is 58.9 Å². The maximum Gasteiger partial charge on any atom is 0.0608 e. The van der Waals surface area contributed by atoms with Gasteiger partial charge in [-0.1, -0.05) is 67.0 Å². The van der Waals surface area contributed by atoms with E-state index in [2.05, 4.69) is 48.5 Å². The van der Waals surface area contributed by atoms with Gasteiger partial charge in [-0.15, -0.1) is 0 Å². The minimum Gasteiger partial charge on any atom is -0.0625 e. The molecule has 8 unspecified atom stereocenters. The van der Waals surface area contributed by atoms with Crippen LogP contribution in [-0.4, -0.2) is 8.07 Å². The van der Waals surface area contributed by atoms with Crippen LogP contribution in [-0.2, 0) is 0 Å². The van der Waals surface area contributed by atoms with Crippen molar-refractivity contribution >= 4 is 8.07 Å². The maximum absolute atomic E-state index is 2.62. The van der Waals surface area contributed by atoms with Gasteiger partial charge in [0.1, 0.15) is 0 Å². The molecule has 2 aliphatic carbocycles. The molecule has 1 aliphatic heterocycles. The molecule has 3 rings (SSSR count). The minimum atomic E-state index is -1.05. The van der Waals surface area contributed by atoms with Crippen LogP contribution in [0.1, 0.15) is 61.3 Å². The maximum atomic E-state index is 2.62. The van der Waals surface area contributed by atoms with Gasteiger partial charge in [-0.2, -0.15) is 0 Å². The lowest BCUT2D eigenvalue weighted by Gasteiger charge is -2.55. The van der Waals surface area contributed by atoms with Gasteiger partial charge in [0.2, 0.25) is 0 Å². The van der Waals surface area contributed by atoms with Crippen molar-refractivity contribution in [2.24, 2.45) is 41.4 Å². The second-order valence-electron chi connectivity index (χ2n) is 9.62. The van der Waals surface area contributed by atoms with Gasteiger partial charge in [0.05, 0.1) is 8.07 Å². The predicted octanol–water partition coefficient (Wildman–Crippen LogP) is 6.45. The van der Waals surface area contributed by atoms with Crippen molar-refractivity contribution in [2.45, 2.75) is 84.5 Å². The van der Waals surface area contributed by atoms with E-state index in [0.29, 0.717) is 0 Å². The highest BCUT2D eigenvalue weighted by molar-refractivity contribution is 6.85. The number of hydrogen-bond acceptors (Lipinski definition) is 0. The van der Waals surface area contributed by atoms with Crippen molar-refractivity contribution < 1.29 is 0 Å². The Kier molecular flexibility index (Phi) is 4.13. The van der Waals surface area contributed by atoms with Crippen LogP contribution in [0.25, 0.3) is 0 Å². The average molecular weight is 307 g/mol. The van der Waals surface area contributed by atoms with Crippen molar-refractivity contribution in [3.05, 3.63) is 0 Å². The fourth-order valence-corrected chi connectivity index (χ4v) is 15.8. The number of rotatable bonds is 2. The SMILES string of the molecule is CC1CC(C)C([Si]2(C3C(C)C(C)C(C)C3C)CCC2)C1C. The van der Waals surface area contributed by atoms with Crippen LogP contribution in [0.4, 0.5) is 0 Å². The molecule has 3 aliphatic rings. The summed E-state index contributed by atoms with van der Waals surface area (Å²) in [4.78, 5) is 0. The summed E-state index contributed by atoms with van der Waals surface area (Å²) in [5.74, 6) is 6.93. The second kappa shape index (κ2) is 5.39. The van der Waals surface area contributed by atoms with E-state index in [0.717, 1.165) is 52.5 Å². The first-order valence-electron chi connectivity index (χ1n) is 9.81. The highest BCUT2D eigenvalue weighted by Crippen LogP contribution is 2.67. The summed E-state index contributed by atoms with van der Waals surface area (Å²) in [6, 6.07) is 3.36. The molecule has 0 aromatic heterocycles. The molecule has 0 spiro atoms. The Morgan fingerprint density at radius 2 is 1.10 bits per heavy atom. The summed E-state index contributed by atoms with van der Waals surface area (Å²) < 4.78 is 0. The standard InChI is InChI=1S/C20H38Si/c1-12-11-13(2)19(14(12)3)21(9-8-10-21)20-17(6)15(4)16(5)18(20)7/h12-20H,8-11H2,1-7H3. The van der Waals surface area contributed by atoms with Crippen LogP contribution < -0.4 is 0 Å². The zero-order chi connectivity index (χ0) is 15.5. The van der Waals surface area contributed by atoms with Crippen LogP contribution in [0.15, 0.2) is 0 Å². The van der Waals surface area contributed by atoms with E-state index in [4.69, 9.17) is 0 Å². The Morgan fingerprint density at radius 3 is 1.43 bits per heavy atom. The molecule has 0 aromatic rings. The molecule has 1 heteroatoms. The van der Waals surface area contributed by atoms with Crippen LogP contribution in [0, 0.1) is 41.4 Å². The normalized spacial score (nSPS) is 56.4. The fourth-order valence-electron chi connectivity index (χ4n) is 7.52. The Balaban J connectivity index is 1.94. The Bertz CT molecular complexity index is 371. The summed E-state index contributed by atoms with van der Waals surface area (Å²) in [7, 11) is -1.05. The van der Waals surface area contributed by atoms with Crippen molar-refractivity contribution in [1.82, 2.24) is 0 Å². The van der Waals surface area contributed by atoms with Crippen LogP contribution in [0.3, 0.4) is 0 Å². The van der Waals surface area contributed by atoms with E-state index in [-0.39, 0.29) is 0 Å². The van der Waals surface area contributed by atoms with Crippen molar-refractivity contribution in [3.63, 3.8) is 0 Å². The molecule has 8 atom stereocenters. The largest absolute Gasteiger partial charge is 0.0625 e. The zero-order valence-corrected chi connectivity index (χ0v) is 16.5. The predicted molar refractivity (Wildman–Crippen MR) is 96.3 cm³/mol. The van der Waals surface area contributed by atoms with E-state index in [1.165, 1.54) is 6.42 Å². The molecule has 122 valence electrons. The fraction of sp³-hybridized carbons (Fsp3) is 1.00. The van der Waals surface area contributed by atoms with E-state index in [9.17, 15) is 0 Å². The number of hydrogen-bond donors (Lipinski definition) is 0. The molecule has 0 nitrogen and oxygen atoms in total. The molecule has 1 saturated heterocycles. The van der Waals surface area contributed by atoms with Crippen LogP contribution >= 0.6 is 0 Å². The molecular formula is C20H38Si. The topological polar surface area (TPSA) is 0 Å². The summed E-state index contributed by atoms with van der Waals surface area (Å²) in [6.07, 6.45) is 3.08. The first-order valence-corrected chi connectivity index (χ1v) is 12.4. The molecular weight excluding hydrogens is 268 g/mol. The minimum absolute atomic E-state index is 0.958. The van der Waals surface area contributed by atoms with Gasteiger partial charge in [-0.3, -0.25) is 0 Å². The lowest BCUT2D eigenvalue weighted by Crippen LogP contribution is -2.55. The first-order chi connectivity index (χ1) is 9.81. The summed E-state index contributed by atoms with van der Waals surface area (Å²) in [5, 5.41) is 0. The van der Waals surface area contributed by atoms with Gasteiger partial charge >= 0.3 is 0 Å². The lowest BCUT2D eigenvalue weighted by molar-refractivity contribution is 0.352. The molecule has 1 heterocycles. The van der Waals surface area contributed by atoms with Crippen molar-refractivity contribution in [2.75, 3.05) is 0 Å². The van der Waals surface area contributed by atoms with E-state index >= 15 is 0 Å². The van der Waals surface area contributed by atoms with Crippen LogP contribution in [0.2, 0.25) is 23.2 Å². The molecule has 0 bridgehead atoms. The van der Waals surface area contributed by atoms with E-state index in [1.807, 2.05) is 0 Å². The lowest BCUT2D eigenvalue weighted by atomic mass is 9.92. The molecule has 0 aromatic carbocycles. The van der Waals surface area contributed by atoms with Gasteiger partial charge in [0.25, 0.3) is 0 Å². The van der Waals surface area contributed by atoms with E-state index < -0.39 is 8.07 Å². The van der Waals surface area contributed by atoms with Gasteiger partial charge in [-0.25, -0.2) is 0 Å². The Labute approximate surface area is 134 Å². The highest BCUT2D eigenvalue weighted by atomic mass is 28.3. The monoisotopic (exact) mass is 306 g/mol. The highest BCUT2D eigenvalue weighted by Gasteiger charge is 2.62. The summed E-state index contributed by atoms with van der Waals surface area (Å²) in [6.45, 7) is 18.1. The summed E-state index contributed by atoms with van der Waals surface area (Å²) in [5.41, 5.74) is 2.28. The van der Waals surface area contributed by atoms with Gasteiger partial charge in [0.15, 0.2) is 0 Å². The third-order valence-corrected chi connectivity index (χ3v) is 16.4. The third-order valence-electron chi connectivity index (χ3n) is 9.05. The molecule has 0 radical (unpaired) electrons. The first kappa shape index (κ1) is 16.1. The summed E-state index contributed by atoms with van der Waals surface area (Å²) >= 11 is 0. The molecule has 3 fully saturated rings. The smallest absolute Gasteiger partial charge is 0.0608 e. The van der Waals surface area contributed by atoms with Gasteiger partial charge in [0, 0.05) is 0 Å².